The Bertz CT molecular complexity index is 189. The highest BCUT2D eigenvalue weighted by atomic mass is 15.1. The van der Waals surface area contributed by atoms with Crippen LogP contribution < -0.4 is 5.32 Å². The van der Waals surface area contributed by atoms with Gasteiger partial charge < -0.3 is 10.2 Å². The lowest BCUT2D eigenvalue weighted by atomic mass is 9.95. The summed E-state index contributed by atoms with van der Waals surface area (Å²) in [7, 11) is 0. The molecule has 0 saturated heterocycles. The summed E-state index contributed by atoms with van der Waals surface area (Å²) in [5.74, 6) is 2.09. The Hall–Kier alpha value is -0.0800. The predicted octanol–water partition coefficient (Wildman–Crippen LogP) is 2.11. The fraction of sp³-hybridized carbons (Fsp3) is 1.00. The van der Waals surface area contributed by atoms with E-state index in [4.69, 9.17) is 0 Å². The first kappa shape index (κ1) is 11.4. The molecule has 88 valence electrons. The second-order valence-corrected chi connectivity index (χ2v) is 5.26. The van der Waals surface area contributed by atoms with Gasteiger partial charge in [-0.15, -0.1) is 0 Å². The number of nitrogens with one attached hydrogen (secondary N) is 1. The smallest absolute Gasteiger partial charge is 0.0107 e. The van der Waals surface area contributed by atoms with Crippen LogP contribution in [-0.2, 0) is 0 Å². The molecule has 2 aliphatic rings. The molecular weight excluding hydrogens is 184 g/mol. The Labute approximate surface area is 94.4 Å². The largest absolute Gasteiger partial charge is 0.312 e. The maximum atomic E-state index is 3.77. The van der Waals surface area contributed by atoms with Gasteiger partial charge in [0.1, 0.15) is 0 Å². The highest BCUT2D eigenvalue weighted by molar-refractivity contribution is 4.94. The minimum Gasteiger partial charge on any atom is -0.312 e. The molecule has 2 aliphatic carbocycles. The van der Waals surface area contributed by atoms with Crippen LogP contribution in [0.5, 0.6) is 0 Å². The molecule has 0 aromatic carbocycles. The van der Waals surface area contributed by atoms with E-state index >= 15 is 0 Å². The zero-order valence-electron chi connectivity index (χ0n) is 10.3. The normalized spacial score (nSPS) is 34.2. The van der Waals surface area contributed by atoms with Crippen molar-refractivity contribution in [3.05, 3.63) is 0 Å². The number of nitrogens with zero attached hydrogens (tertiary/aromatic N) is 1. The summed E-state index contributed by atoms with van der Waals surface area (Å²) >= 11 is 0. The quantitative estimate of drug-likeness (QED) is 0.722. The summed E-state index contributed by atoms with van der Waals surface area (Å²) in [4.78, 5) is 2.50. The second kappa shape index (κ2) is 5.31. The maximum Gasteiger partial charge on any atom is 0.0107 e. The van der Waals surface area contributed by atoms with E-state index in [1.807, 2.05) is 0 Å². The Morgan fingerprint density at radius 3 is 2.47 bits per heavy atom. The molecule has 2 bridgehead atoms. The third-order valence-electron chi connectivity index (χ3n) is 4.47. The van der Waals surface area contributed by atoms with Crippen LogP contribution in [0.15, 0.2) is 0 Å². The molecule has 2 nitrogen and oxygen atoms in total. The molecule has 2 heteroatoms. The van der Waals surface area contributed by atoms with Gasteiger partial charge in [0.05, 0.1) is 0 Å². The topological polar surface area (TPSA) is 15.3 Å². The van der Waals surface area contributed by atoms with Crippen LogP contribution in [0.2, 0.25) is 0 Å². The first-order valence-corrected chi connectivity index (χ1v) is 6.79. The molecule has 2 saturated carbocycles. The van der Waals surface area contributed by atoms with E-state index in [1.54, 1.807) is 0 Å². The van der Waals surface area contributed by atoms with E-state index in [0.717, 1.165) is 17.9 Å². The van der Waals surface area contributed by atoms with Gasteiger partial charge in [-0.2, -0.15) is 0 Å². The third-order valence-corrected chi connectivity index (χ3v) is 4.47. The Kier molecular flexibility index (Phi) is 4.04. The summed E-state index contributed by atoms with van der Waals surface area (Å²) < 4.78 is 0. The van der Waals surface area contributed by atoms with Crippen molar-refractivity contribution in [1.82, 2.24) is 10.2 Å². The molecule has 2 fully saturated rings. The molecule has 3 atom stereocenters. The third kappa shape index (κ3) is 2.73. The van der Waals surface area contributed by atoms with Crippen LogP contribution in [0.25, 0.3) is 0 Å². The van der Waals surface area contributed by atoms with Gasteiger partial charge in [0.25, 0.3) is 0 Å². The SMILES string of the molecule is CCN(CC)CCN[C@H]1C[C@H]2CC[C@H]1C2. The Morgan fingerprint density at radius 2 is 1.93 bits per heavy atom. The van der Waals surface area contributed by atoms with Crippen molar-refractivity contribution in [2.75, 3.05) is 26.2 Å². The van der Waals surface area contributed by atoms with Crippen molar-refractivity contribution in [3.8, 4) is 0 Å². The number of rotatable bonds is 6. The average Bonchev–Trinajstić information content (AvgIpc) is 2.86. The molecule has 0 amide bonds. The zero-order chi connectivity index (χ0) is 10.7. The summed E-state index contributed by atoms with van der Waals surface area (Å²) in [6, 6.07) is 0.860. The van der Waals surface area contributed by atoms with Crippen molar-refractivity contribution >= 4 is 0 Å². The minimum absolute atomic E-state index is 0.860. The lowest BCUT2D eigenvalue weighted by Crippen LogP contribution is -2.39. The second-order valence-electron chi connectivity index (χ2n) is 5.26. The summed E-state index contributed by atoms with van der Waals surface area (Å²) in [5.41, 5.74) is 0. The van der Waals surface area contributed by atoms with E-state index in [1.165, 1.54) is 51.9 Å². The van der Waals surface area contributed by atoms with Crippen molar-refractivity contribution < 1.29 is 0 Å². The molecule has 2 rings (SSSR count). The van der Waals surface area contributed by atoms with Crippen molar-refractivity contribution in [1.29, 1.82) is 0 Å². The van der Waals surface area contributed by atoms with Gasteiger partial charge in [-0.1, -0.05) is 20.3 Å². The minimum atomic E-state index is 0.860. The molecule has 0 heterocycles. The molecule has 1 N–H and O–H groups in total. The van der Waals surface area contributed by atoms with Crippen LogP contribution in [0.4, 0.5) is 0 Å². The molecule has 0 aromatic heterocycles. The number of fused-ring (bicyclic) bond motifs is 2. The van der Waals surface area contributed by atoms with Crippen molar-refractivity contribution in [2.24, 2.45) is 11.8 Å². The van der Waals surface area contributed by atoms with Gasteiger partial charge in [-0.25, -0.2) is 0 Å². The van der Waals surface area contributed by atoms with Gasteiger partial charge >= 0.3 is 0 Å². The molecule has 15 heavy (non-hydrogen) atoms. The Morgan fingerprint density at radius 1 is 1.13 bits per heavy atom. The van der Waals surface area contributed by atoms with E-state index in [2.05, 4.69) is 24.1 Å². The average molecular weight is 210 g/mol. The fourth-order valence-electron chi connectivity index (χ4n) is 3.44. The van der Waals surface area contributed by atoms with Crippen LogP contribution in [0.1, 0.15) is 39.5 Å². The number of hydrogen-bond acceptors (Lipinski definition) is 2. The molecule has 0 radical (unpaired) electrons. The summed E-state index contributed by atoms with van der Waals surface area (Å²) in [6.45, 7) is 9.29. The van der Waals surface area contributed by atoms with E-state index in [9.17, 15) is 0 Å². The van der Waals surface area contributed by atoms with Gasteiger partial charge in [0.2, 0.25) is 0 Å². The Balaban J connectivity index is 1.62. The van der Waals surface area contributed by atoms with E-state index in [0.29, 0.717) is 0 Å². The van der Waals surface area contributed by atoms with Gasteiger partial charge in [0.15, 0.2) is 0 Å². The first-order valence-electron chi connectivity index (χ1n) is 6.79. The first-order chi connectivity index (χ1) is 7.33. The van der Waals surface area contributed by atoms with Gasteiger partial charge in [-0.05, 0) is 44.2 Å². The van der Waals surface area contributed by atoms with Crippen LogP contribution >= 0.6 is 0 Å². The molecular formula is C13H26N2. The van der Waals surface area contributed by atoms with E-state index in [-0.39, 0.29) is 0 Å². The van der Waals surface area contributed by atoms with Crippen LogP contribution in [0.3, 0.4) is 0 Å². The standard InChI is InChI=1S/C13H26N2/c1-3-15(4-2)8-7-14-13-10-11-5-6-12(13)9-11/h11-14H,3-10H2,1-2H3/t11-,12-,13-/m0/s1. The molecule has 0 aromatic rings. The lowest BCUT2D eigenvalue weighted by molar-refractivity contribution is 0.279. The predicted molar refractivity (Wildman–Crippen MR) is 65.0 cm³/mol. The highest BCUT2D eigenvalue weighted by Gasteiger charge is 2.38. The molecule has 0 aliphatic heterocycles. The zero-order valence-corrected chi connectivity index (χ0v) is 10.3. The summed E-state index contributed by atoms with van der Waals surface area (Å²) in [5, 5.41) is 3.77. The molecule has 0 unspecified atom stereocenters. The molecule has 0 spiro atoms. The van der Waals surface area contributed by atoms with E-state index < -0.39 is 0 Å². The van der Waals surface area contributed by atoms with Crippen molar-refractivity contribution in [2.45, 2.75) is 45.6 Å². The van der Waals surface area contributed by atoms with Crippen molar-refractivity contribution in [3.63, 3.8) is 0 Å². The highest BCUT2D eigenvalue weighted by Crippen LogP contribution is 2.44. The maximum absolute atomic E-state index is 3.77. The van der Waals surface area contributed by atoms with Gasteiger partial charge in [-0.3, -0.25) is 0 Å². The van der Waals surface area contributed by atoms with Crippen LogP contribution in [-0.4, -0.2) is 37.1 Å². The number of hydrogen-bond donors (Lipinski definition) is 1. The van der Waals surface area contributed by atoms with Gasteiger partial charge in [0, 0.05) is 19.1 Å². The lowest BCUT2D eigenvalue weighted by Gasteiger charge is -2.25. The summed E-state index contributed by atoms with van der Waals surface area (Å²) in [6.07, 6.45) is 5.98. The fourth-order valence-corrected chi connectivity index (χ4v) is 3.44. The van der Waals surface area contributed by atoms with Crippen LogP contribution in [0, 0.1) is 11.8 Å². The monoisotopic (exact) mass is 210 g/mol. The number of likely N-dealkylation sites (N-methyl/N-ethyl adjacent to an activating group) is 1.